The van der Waals surface area contributed by atoms with Crippen LogP contribution in [0.15, 0.2) is 45.8 Å². The van der Waals surface area contributed by atoms with Crippen molar-refractivity contribution in [3.8, 4) is 5.75 Å². The molecule has 0 aliphatic heterocycles. The third-order valence-electron chi connectivity index (χ3n) is 3.99. The minimum absolute atomic E-state index is 0.147. The number of ether oxygens (including phenoxy) is 1. The highest BCUT2D eigenvalue weighted by Crippen LogP contribution is 2.30. The van der Waals surface area contributed by atoms with Gasteiger partial charge in [-0.3, -0.25) is 10.1 Å². The van der Waals surface area contributed by atoms with Crippen LogP contribution in [0, 0.1) is 0 Å². The fraction of sp³-hybridized carbons (Fsp3) is 0.263. The van der Waals surface area contributed by atoms with E-state index < -0.39 is 9.84 Å². The molecule has 2 aromatic carbocycles. The van der Waals surface area contributed by atoms with Gasteiger partial charge >= 0.3 is 0 Å². The Morgan fingerprint density at radius 2 is 2.00 bits per heavy atom. The smallest absolute Gasteiger partial charge is 0.264 e. The summed E-state index contributed by atoms with van der Waals surface area (Å²) in [5, 5.41) is 3.10. The van der Waals surface area contributed by atoms with E-state index in [4.69, 9.17) is 4.74 Å². The first kappa shape index (κ1) is 20.8. The second kappa shape index (κ2) is 8.18. The number of benzene rings is 2. The second-order valence-electron chi connectivity index (χ2n) is 6.59. The van der Waals surface area contributed by atoms with E-state index in [1.165, 1.54) is 17.4 Å². The second-order valence-corrected chi connectivity index (χ2v) is 10.6. The molecule has 1 heterocycles. The standard InChI is InChI=1S/C19H19BrN2O4S2/c1-11(2)14-8-12(20)4-7-16(14)26-10-18(23)22-19-21-15-6-5-13(28(3,24)25)9-17(15)27-19/h4-9,11H,10H2,1-3H3,(H,21,22,23). The first-order valence-electron chi connectivity index (χ1n) is 8.46. The quantitative estimate of drug-likeness (QED) is 0.554. The molecule has 3 rings (SSSR count). The highest BCUT2D eigenvalue weighted by Gasteiger charge is 2.14. The zero-order valence-electron chi connectivity index (χ0n) is 15.5. The minimum Gasteiger partial charge on any atom is -0.483 e. The van der Waals surface area contributed by atoms with Gasteiger partial charge in [0.2, 0.25) is 0 Å². The number of carbonyl (C=O) groups excluding carboxylic acids is 1. The molecule has 0 radical (unpaired) electrons. The van der Waals surface area contributed by atoms with Crippen LogP contribution in [-0.4, -0.2) is 32.2 Å². The molecule has 0 bridgehead atoms. The summed E-state index contributed by atoms with van der Waals surface area (Å²) in [5.41, 5.74) is 1.64. The van der Waals surface area contributed by atoms with Crippen molar-refractivity contribution in [2.24, 2.45) is 0 Å². The van der Waals surface area contributed by atoms with Crippen LogP contribution < -0.4 is 10.1 Å². The molecule has 6 nitrogen and oxygen atoms in total. The van der Waals surface area contributed by atoms with Crippen molar-refractivity contribution in [3.63, 3.8) is 0 Å². The number of thiazole rings is 1. The minimum atomic E-state index is -3.29. The van der Waals surface area contributed by atoms with Crippen molar-refractivity contribution < 1.29 is 17.9 Å². The van der Waals surface area contributed by atoms with Crippen molar-refractivity contribution in [1.29, 1.82) is 0 Å². The van der Waals surface area contributed by atoms with Crippen LogP contribution in [0.2, 0.25) is 0 Å². The van der Waals surface area contributed by atoms with Gasteiger partial charge in [-0.15, -0.1) is 0 Å². The monoisotopic (exact) mass is 482 g/mol. The fourth-order valence-electron chi connectivity index (χ4n) is 2.59. The van der Waals surface area contributed by atoms with Gasteiger partial charge in [0.1, 0.15) is 5.75 Å². The Kier molecular flexibility index (Phi) is 6.07. The Morgan fingerprint density at radius 3 is 2.68 bits per heavy atom. The van der Waals surface area contributed by atoms with E-state index in [-0.39, 0.29) is 23.3 Å². The van der Waals surface area contributed by atoms with Gasteiger partial charge in [0, 0.05) is 10.7 Å². The number of fused-ring (bicyclic) bond motifs is 1. The molecule has 9 heteroatoms. The molecule has 0 saturated carbocycles. The molecule has 28 heavy (non-hydrogen) atoms. The van der Waals surface area contributed by atoms with Crippen LogP contribution in [-0.2, 0) is 14.6 Å². The lowest BCUT2D eigenvalue weighted by Gasteiger charge is -2.14. The van der Waals surface area contributed by atoms with Gasteiger partial charge in [-0.1, -0.05) is 41.1 Å². The summed E-state index contributed by atoms with van der Waals surface area (Å²) in [6, 6.07) is 10.4. The average molecular weight is 483 g/mol. The van der Waals surface area contributed by atoms with Crippen molar-refractivity contribution in [1.82, 2.24) is 4.98 Å². The van der Waals surface area contributed by atoms with Crippen LogP contribution in [0.3, 0.4) is 0 Å². The number of nitrogens with zero attached hydrogens (tertiary/aromatic N) is 1. The van der Waals surface area contributed by atoms with Gasteiger partial charge in [-0.2, -0.15) is 0 Å². The summed E-state index contributed by atoms with van der Waals surface area (Å²) >= 11 is 4.66. The summed E-state index contributed by atoms with van der Waals surface area (Å²) < 4.78 is 30.7. The van der Waals surface area contributed by atoms with E-state index in [2.05, 4.69) is 40.1 Å². The van der Waals surface area contributed by atoms with Gasteiger partial charge < -0.3 is 4.74 Å². The van der Waals surface area contributed by atoms with E-state index in [0.29, 0.717) is 21.1 Å². The number of hydrogen-bond acceptors (Lipinski definition) is 6. The molecule has 0 saturated heterocycles. The summed E-state index contributed by atoms with van der Waals surface area (Å²) in [4.78, 5) is 16.8. The van der Waals surface area contributed by atoms with Crippen LogP contribution in [0.1, 0.15) is 25.3 Å². The van der Waals surface area contributed by atoms with E-state index in [0.717, 1.165) is 16.3 Å². The van der Waals surface area contributed by atoms with Crippen molar-refractivity contribution in [2.45, 2.75) is 24.7 Å². The SMILES string of the molecule is CC(C)c1cc(Br)ccc1OCC(=O)Nc1nc2ccc(S(C)(=O)=O)cc2s1. The Labute approximate surface area is 176 Å². The van der Waals surface area contributed by atoms with Crippen LogP contribution in [0.4, 0.5) is 5.13 Å². The van der Waals surface area contributed by atoms with E-state index in [9.17, 15) is 13.2 Å². The Bertz CT molecular complexity index is 1140. The highest BCUT2D eigenvalue weighted by atomic mass is 79.9. The molecule has 0 aliphatic carbocycles. The Hall–Kier alpha value is -1.97. The van der Waals surface area contributed by atoms with E-state index in [1.54, 1.807) is 12.1 Å². The van der Waals surface area contributed by atoms with E-state index >= 15 is 0 Å². The third kappa shape index (κ3) is 4.89. The lowest BCUT2D eigenvalue weighted by Crippen LogP contribution is -2.20. The van der Waals surface area contributed by atoms with Gasteiger partial charge in [-0.05, 0) is 47.9 Å². The molecule has 3 aromatic rings. The molecule has 0 aliphatic rings. The normalized spacial score (nSPS) is 11.8. The molecule has 1 N–H and O–H groups in total. The first-order valence-corrected chi connectivity index (χ1v) is 12.0. The van der Waals surface area contributed by atoms with Crippen molar-refractivity contribution in [2.75, 3.05) is 18.2 Å². The fourth-order valence-corrected chi connectivity index (χ4v) is 4.61. The van der Waals surface area contributed by atoms with Crippen LogP contribution in [0.25, 0.3) is 10.2 Å². The topological polar surface area (TPSA) is 85.4 Å². The lowest BCUT2D eigenvalue weighted by atomic mass is 10.0. The molecule has 0 fully saturated rings. The van der Waals surface area contributed by atoms with Crippen LogP contribution >= 0.6 is 27.3 Å². The van der Waals surface area contributed by atoms with Crippen molar-refractivity contribution in [3.05, 3.63) is 46.4 Å². The Morgan fingerprint density at radius 1 is 1.25 bits per heavy atom. The summed E-state index contributed by atoms with van der Waals surface area (Å²) in [6.45, 7) is 3.97. The Balaban J connectivity index is 1.70. The average Bonchev–Trinajstić information content (AvgIpc) is 3.01. The summed E-state index contributed by atoms with van der Waals surface area (Å²) in [5.74, 6) is 0.583. The third-order valence-corrected chi connectivity index (χ3v) is 6.52. The number of hydrogen-bond donors (Lipinski definition) is 1. The number of anilines is 1. The molecular formula is C19H19BrN2O4S2. The lowest BCUT2D eigenvalue weighted by molar-refractivity contribution is -0.118. The maximum absolute atomic E-state index is 12.3. The predicted molar refractivity (Wildman–Crippen MR) is 115 cm³/mol. The molecular weight excluding hydrogens is 464 g/mol. The number of aromatic nitrogens is 1. The molecule has 1 aromatic heterocycles. The van der Waals surface area contributed by atoms with Crippen LogP contribution in [0.5, 0.6) is 5.75 Å². The zero-order valence-corrected chi connectivity index (χ0v) is 18.7. The zero-order chi connectivity index (χ0) is 20.5. The van der Waals surface area contributed by atoms with Gasteiger partial charge in [-0.25, -0.2) is 13.4 Å². The molecule has 0 atom stereocenters. The number of amides is 1. The van der Waals surface area contributed by atoms with Gasteiger partial charge in [0.15, 0.2) is 21.6 Å². The predicted octanol–water partition coefficient (Wildman–Crippen LogP) is 4.60. The molecule has 0 spiro atoms. The maximum Gasteiger partial charge on any atom is 0.264 e. The van der Waals surface area contributed by atoms with E-state index in [1.807, 2.05) is 18.2 Å². The highest BCUT2D eigenvalue weighted by molar-refractivity contribution is 9.10. The van der Waals surface area contributed by atoms with Gasteiger partial charge in [0.05, 0.1) is 15.1 Å². The summed E-state index contributed by atoms with van der Waals surface area (Å²) in [6.07, 6.45) is 1.16. The number of rotatable bonds is 6. The molecule has 148 valence electrons. The molecule has 0 unspecified atom stereocenters. The number of nitrogens with one attached hydrogen (secondary N) is 1. The van der Waals surface area contributed by atoms with Crippen molar-refractivity contribution >= 4 is 58.4 Å². The number of sulfone groups is 1. The number of halogens is 1. The summed E-state index contributed by atoms with van der Waals surface area (Å²) in [7, 11) is -3.29. The maximum atomic E-state index is 12.3. The van der Waals surface area contributed by atoms with Gasteiger partial charge in [0.25, 0.3) is 5.91 Å². The first-order chi connectivity index (χ1) is 13.1. The number of carbonyl (C=O) groups is 1. The largest absolute Gasteiger partial charge is 0.483 e. The molecule has 1 amide bonds.